The number of benzene rings is 1. The van der Waals surface area contributed by atoms with Crippen molar-refractivity contribution in [2.45, 2.75) is 32.4 Å². The Balaban J connectivity index is 1.48. The second kappa shape index (κ2) is 7.42. The molecule has 1 fully saturated rings. The van der Waals surface area contributed by atoms with Crippen LogP contribution in [0.15, 0.2) is 41.3 Å². The minimum Gasteiger partial charge on any atom is -0.465 e. The Morgan fingerprint density at radius 2 is 1.85 bits per heavy atom. The Morgan fingerprint density at radius 3 is 2.59 bits per heavy atom. The molecule has 1 aromatic carbocycles. The molecule has 142 valence electrons. The predicted octanol–water partition coefficient (Wildman–Crippen LogP) is 2.20. The molecule has 0 bridgehead atoms. The first kappa shape index (κ1) is 17.6. The van der Waals surface area contributed by atoms with Crippen LogP contribution in [0.4, 0.5) is 10.5 Å². The lowest BCUT2D eigenvalue weighted by Gasteiger charge is -2.31. The van der Waals surface area contributed by atoms with E-state index in [0.717, 1.165) is 32.4 Å². The van der Waals surface area contributed by atoms with E-state index < -0.39 is 6.09 Å². The first-order valence-corrected chi connectivity index (χ1v) is 9.47. The highest BCUT2D eigenvalue weighted by Crippen LogP contribution is 2.22. The summed E-state index contributed by atoms with van der Waals surface area (Å²) in [6.07, 6.45) is 3.30. The van der Waals surface area contributed by atoms with Gasteiger partial charge in [0.1, 0.15) is 5.69 Å². The normalized spacial score (nSPS) is 17.6. The van der Waals surface area contributed by atoms with E-state index in [1.165, 1.54) is 16.0 Å². The summed E-state index contributed by atoms with van der Waals surface area (Å²) in [5.41, 5.74) is 3.26. The molecular formula is C20H24N4O3. The highest BCUT2D eigenvalue weighted by molar-refractivity contribution is 5.64. The average Bonchev–Trinajstić information content (AvgIpc) is 2.69. The monoisotopic (exact) mass is 368 g/mol. The zero-order chi connectivity index (χ0) is 18.8. The van der Waals surface area contributed by atoms with Crippen LogP contribution in [0.25, 0.3) is 0 Å². The van der Waals surface area contributed by atoms with Crippen LogP contribution >= 0.6 is 0 Å². The van der Waals surface area contributed by atoms with Crippen LogP contribution in [0, 0.1) is 5.92 Å². The van der Waals surface area contributed by atoms with Gasteiger partial charge in [0.05, 0.1) is 0 Å². The summed E-state index contributed by atoms with van der Waals surface area (Å²) in [5.74, 6) is 0.281. The summed E-state index contributed by atoms with van der Waals surface area (Å²) < 4.78 is 1.55. The first-order valence-electron chi connectivity index (χ1n) is 9.47. The van der Waals surface area contributed by atoms with E-state index in [4.69, 9.17) is 5.11 Å². The zero-order valence-corrected chi connectivity index (χ0v) is 15.3. The summed E-state index contributed by atoms with van der Waals surface area (Å²) in [6.45, 7) is 3.17. The number of likely N-dealkylation sites (tertiary alicyclic amines) is 1. The van der Waals surface area contributed by atoms with Crippen molar-refractivity contribution < 1.29 is 9.90 Å². The van der Waals surface area contributed by atoms with Gasteiger partial charge in [-0.1, -0.05) is 24.3 Å². The van der Waals surface area contributed by atoms with E-state index in [1.54, 1.807) is 16.9 Å². The van der Waals surface area contributed by atoms with E-state index in [-0.39, 0.29) is 11.5 Å². The van der Waals surface area contributed by atoms with Crippen molar-refractivity contribution in [1.82, 2.24) is 14.7 Å². The van der Waals surface area contributed by atoms with Crippen LogP contribution in [0.3, 0.4) is 0 Å². The van der Waals surface area contributed by atoms with Crippen molar-refractivity contribution in [3.8, 4) is 0 Å². The second-order valence-electron chi connectivity index (χ2n) is 7.36. The van der Waals surface area contributed by atoms with Crippen LogP contribution in [-0.2, 0) is 19.5 Å². The Labute approximate surface area is 157 Å². The van der Waals surface area contributed by atoms with Crippen molar-refractivity contribution in [3.05, 3.63) is 58.0 Å². The fourth-order valence-corrected chi connectivity index (χ4v) is 4.06. The van der Waals surface area contributed by atoms with E-state index in [1.807, 2.05) is 6.07 Å². The molecule has 0 spiro atoms. The number of fused-ring (bicyclic) bond motifs is 1. The highest BCUT2D eigenvalue weighted by Gasteiger charge is 2.24. The maximum Gasteiger partial charge on any atom is 0.407 e. The smallest absolute Gasteiger partial charge is 0.407 e. The molecule has 0 unspecified atom stereocenters. The van der Waals surface area contributed by atoms with Gasteiger partial charge in [-0.25, -0.2) is 9.48 Å². The molecule has 0 saturated carbocycles. The molecule has 0 atom stereocenters. The summed E-state index contributed by atoms with van der Waals surface area (Å²) in [6, 6.07) is 10.2. The van der Waals surface area contributed by atoms with Crippen LogP contribution in [-0.4, -0.2) is 45.5 Å². The fraction of sp³-hybridized carbons (Fsp3) is 0.450. The number of carbonyl (C=O) groups is 1. The van der Waals surface area contributed by atoms with Crippen LogP contribution in [0.1, 0.15) is 24.0 Å². The summed E-state index contributed by atoms with van der Waals surface area (Å²) >= 11 is 0. The second-order valence-corrected chi connectivity index (χ2v) is 7.36. The highest BCUT2D eigenvalue weighted by atomic mass is 16.4. The Morgan fingerprint density at radius 1 is 1.11 bits per heavy atom. The molecule has 7 heteroatoms. The molecule has 1 saturated heterocycles. The van der Waals surface area contributed by atoms with E-state index in [2.05, 4.69) is 28.2 Å². The molecule has 0 aliphatic carbocycles. The van der Waals surface area contributed by atoms with Crippen LogP contribution in [0.5, 0.6) is 0 Å². The van der Waals surface area contributed by atoms with Gasteiger partial charge in [0.15, 0.2) is 0 Å². The number of piperidine rings is 1. The lowest BCUT2D eigenvalue weighted by atomic mass is 9.97. The van der Waals surface area contributed by atoms with Crippen molar-refractivity contribution in [2.75, 3.05) is 24.5 Å². The molecule has 2 aliphatic rings. The molecule has 2 aliphatic heterocycles. The van der Waals surface area contributed by atoms with Crippen molar-refractivity contribution >= 4 is 11.8 Å². The molecule has 27 heavy (non-hydrogen) atoms. The van der Waals surface area contributed by atoms with Crippen molar-refractivity contribution in [3.63, 3.8) is 0 Å². The van der Waals surface area contributed by atoms with Gasteiger partial charge in [-0.05, 0) is 42.4 Å². The van der Waals surface area contributed by atoms with Gasteiger partial charge in [-0.2, -0.15) is 5.10 Å². The molecule has 1 amide bonds. The predicted molar refractivity (Wildman–Crippen MR) is 102 cm³/mol. The SMILES string of the molecule is O=C(O)N1CCC(Cn2nccc(N3CCc4ccccc4C3)c2=O)CC1. The number of amides is 1. The average molecular weight is 368 g/mol. The van der Waals surface area contributed by atoms with Gasteiger partial charge in [0, 0.05) is 38.9 Å². The summed E-state index contributed by atoms with van der Waals surface area (Å²) in [7, 11) is 0. The third kappa shape index (κ3) is 3.67. The van der Waals surface area contributed by atoms with Crippen LogP contribution in [0.2, 0.25) is 0 Å². The van der Waals surface area contributed by atoms with Gasteiger partial charge < -0.3 is 14.9 Å². The molecule has 3 heterocycles. The maximum absolute atomic E-state index is 13.0. The minimum absolute atomic E-state index is 0.0578. The number of aromatic nitrogens is 2. The Bertz CT molecular complexity index is 887. The quantitative estimate of drug-likeness (QED) is 0.899. The minimum atomic E-state index is -0.865. The summed E-state index contributed by atoms with van der Waals surface area (Å²) in [4.78, 5) is 27.6. The number of rotatable bonds is 3. The van der Waals surface area contributed by atoms with E-state index in [9.17, 15) is 9.59 Å². The molecular weight excluding hydrogens is 344 g/mol. The van der Waals surface area contributed by atoms with Crippen molar-refractivity contribution in [1.29, 1.82) is 0 Å². The lowest BCUT2D eigenvalue weighted by molar-refractivity contribution is 0.120. The zero-order valence-electron chi connectivity index (χ0n) is 15.3. The Hall–Kier alpha value is -2.83. The standard InChI is InChI=1S/C20H24N4O3/c25-19-18(23-12-8-16-3-1-2-4-17(16)14-23)5-9-21-24(19)13-15-6-10-22(11-7-15)20(26)27/h1-5,9,15H,6-8,10-14H2,(H,26,27). The third-order valence-corrected chi connectivity index (χ3v) is 5.68. The van der Waals surface area contributed by atoms with Gasteiger partial charge in [0.2, 0.25) is 0 Å². The first-order chi connectivity index (χ1) is 13.1. The largest absolute Gasteiger partial charge is 0.465 e. The molecule has 1 aromatic heterocycles. The van der Waals surface area contributed by atoms with Crippen molar-refractivity contribution in [2.24, 2.45) is 5.92 Å². The van der Waals surface area contributed by atoms with Gasteiger partial charge in [-0.15, -0.1) is 0 Å². The topological polar surface area (TPSA) is 78.7 Å². The number of hydrogen-bond donors (Lipinski definition) is 1. The van der Waals surface area contributed by atoms with Gasteiger partial charge in [-0.3, -0.25) is 4.79 Å². The molecule has 4 rings (SSSR count). The number of nitrogens with zero attached hydrogens (tertiary/aromatic N) is 4. The van der Waals surface area contributed by atoms with E-state index in [0.29, 0.717) is 25.3 Å². The number of hydrogen-bond acceptors (Lipinski definition) is 4. The van der Waals surface area contributed by atoms with E-state index >= 15 is 0 Å². The summed E-state index contributed by atoms with van der Waals surface area (Å²) in [5, 5.41) is 13.3. The Kier molecular flexibility index (Phi) is 4.83. The van der Waals surface area contributed by atoms with Gasteiger partial charge in [0.25, 0.3) is 5.56 Å². The lowest BCUT2D eigenvalue weighted by Crippen LogP contribution is -2.40. The third-order valence-electron chi connectivity index (χ3n) is 5.68. The maximum atomic E-state index is 13.0. The molecule has 7 nitrogen and oxygen atoms in total. The molecule has 1 N–H and O–H groups in total. The number of carboxylic acid groups (broad SMARTS) is 1. The molecule has 2 aromatic rings. The number of anilines is 1. The fourth-order valence-electron chi connectivity index (χ4n) is 4.06. The van der Waals surface area contributed by atoms with Gasteiger partial charge >= 0.3 is 6.09 Å². The molecule has 0 radical (unpaired) electrons. The van der Waals surface area contributed by atoms with Crippen LogP contribution < -0.4 is 10.5 Å².